The van der Waals surface area contributed by atoms with Crippen LogP contribution in [0.25, 0.3) is 0 Å². The Kier molecular flexibility index (Phi) is 4.95. The summed E-state index contributed by atoms with van der Waals surface area (Å²) in [6, 6.07) is 0. The fourth-order valence-corrected chi connectivity index (χ4v) is 1.90. The lowest BCUT2D eigenvalue weighted by Gasteiger charge is -2.21. The Bertz CT molecular complexity index is 312. The Morgan fingerprint density at radius 1 is 1.33 bits per heavy atom. The van der Waals surface area contributed by atoms with Crippen LogP contribution in [0.4, 0.5) is 4.79 Å². The third-order valence-electron chi connectivity index (χ3n) is 2.75. The van der Waals surface area contributed by atoms with Crippen LogP contribution in [-0.2, 0) is 14.3 Å². The summed E-state index contributed by atoms with van der Waals surface area (Å²) in [5.74, 6) is -0.397. The van der Waals surface area contributed by atoms with Gasteiger partial charge in [0.05, 0.1) is 13.0 Å². The first kappa shape index (κ1) is 14.8. The summed E-state index contributed by atoms with van der Waals surface area (Å²) < 4.78 is 9.86. The molecule has 6 nitrogen and oxygen atoms in total. The number of amides is 1. The molecule has 1 saturated heterocycles. The highest BCUT2D eigenvalue weighted by atomic mass is 16.6. The first-order chi connectivity index (χ1) is 8.33. The van der Waals surface area contributed by atoms with Gasteiger partial charge in [-0.3, -0.25) is 4.79 Å². The van der Waals surface area contributed by atoms with Crippen LogP contribution in [0, 0.1) is 11.8 Å². The molecule has 1 fully saturated rings. The van der Waals surface area contributed by atoms with Crippen LogP contribution < -0.4 is 10.6 Å². The normalized spacial score (nSPS) is 23.6. The van der Waals surface area contributed by atoms with E-state index in [1.807, 2.05) is 0 Å². The zero-order valence-electron chi connectivity index (χ0n) is 11.4. The van der Waals surface area contributed by atoms with Gasteiger partial charge < -0.3 is 20.1 Å². The Morgan fingerprint density at radius 2 is 2.00 bits per heavy atom. The molecule has 0 aromatic rings. The van der Waals surface area contributed by atoms with Gasteiger partial charge in [-0.1, -0.05) is 0 Å². The Morgan fingerprint density at radius 3 is 2.56 bits per heavy atom. The quantitative estimate of drug-likeness (QED) is 0.722. The van der Waals surface area contributed by atoms with Crippen molar-refractivity contribution in [2.75, 3.05) is 26.7 Å². The number of hydrogen-bond acceptors (Lipinski definition) is 5. The van der Waals surface area contributed by atoms with Crippen molar-refractivity contribution in [1.82, 2.24) is 10.6 Å². The van der Waals surface area contributed by atoms with Gasteiger partial charge in [0, 0.05) is 25.6 Å². The summed E-state index contributed by atoms with van der Waals surface area (Å²) in [4.78, 5) is 23.0. The van der Waals surface area contributed by atoms with Gasteiger partial charge in [0.2, 0.25) is 0 Å². The van der Waals surface area contributed by atoms with Gasteiger partial charge >= 0.3 is 12.1 Å². The standard InChI is InChI=1S/C12H22N2O4/c1-12(2,3)18-11(16)14-6-8-5-13-7-9(8)10(15)17-4/h8-9,13H,5-7H2,1-4H3,(H,14,16). The maximum Gasteiger partial charge on any atom is 0.407 e. The second-order valence-corrected chi connectivity index (χ2v) is 5.43. The average molecular weight is 258 g/mol. The number of carbonyl (C=O) groups excluding carboxylic acids is 2. The van der Waals surface area contributed by atoms with Gasteiger partial charge in [-0.2, -0.15) is 0 Å². The number of alkyl carbamates (subject to hydrolysis) is 1. The minimum absolute atomic E-state index is 0.0463. The predicted molar refractivity (Wildman–Crippen MR) is 66.1 cm³/mol. The molecule has 1 aliphatic rings. The SMILES string of the molecule is COC(=O)C1CNCC1CNC(=O)OC(C)(C)C. The summed E-state index contributed by atoms with van der Waals surface area (Å²) in [5, 5.41) is 5.80. The van der Waals surface area contributed by atoms with Crippen molar-refractivity contribution in [1.29, 1.82) is 0 Å². The highest BCUT2D eigenvalue weighted by Crippen LogP contribution is 2.17. The zero-order valence-corrected chi connectivity index (χ0v) is 11.4. The summed E-state index contributed by atoms with van der Waals surface area (Å²) in [5.41, 5.74) is -0.514. The van der Waals surface area contributed by atoms with Gasteiger partial charge in [0.25, 0.3) is 0 Å². The number of rotatable bonds is 3. The maximum absolute atomic E-state index is 11.5. The maximum atomic E-state index is 11.5. The van der Waals surface area contributed by atoms with Crippen molar-refractivity contribution < 1.29 is 19.1 Å². The van der Waals surface area contributed by atoms with Gasteiger partial charge in [-0.05, 0) is 20.8 Å². The third-order valence-corrected chi connectivity index (χ3v) is 2.75. The number of hydrogen-bond donors (Lipinski definition) is 2. The smallest absolute Gasteiger partial charge is 0.407 e. The van der Waals surface area contributed by atoms with E-state index >= 15 is 0 Å². The molecule has 1 aliphatic heterocycles. The summed E-state index contributed by atoms with van der Waals surface area (Å²) in [6.07, 6.45) is -0.460. The fourth-order valence-electron chi connectivity index (χ4n) is 1.90. The van der Waals surface area contributed by atoms with Crippen LogP contribution in [-0.4, -0.2) is 44.4 Å². The fraction of sp³-hybridized carbons (Fsp3) is 0.833. The van der Waals surface area contributed by atoms with Crippen molar-refractivity contribution in [2.24, 2.45) is 11.8 Å². The second kappa shape index (κ2) is 6.04. The van der Waals surface area contributed by atoms with Crippen molar-refractivity contribution in [3.8, 4) is 0 Å². The van der Waals surface area contributed by atoms with Crippen LogP contribution in [0.3, 0.4) is 0 Å². The van der Waals surface area contributed by atoms with Crippen molar-refractivity contribution in [3.63, 3.8) is 0 Å². The first-order valence-electron chi connectivity index (χ1n) is 6.09. The number of esters is 1. The minimum Gasteiger partial charge on any atom is -0.469 e. The van der Waals surface area contributed by atoms with E-state index in [1.54, 1.807) is 20.8 Å². The molecule has 0 radical (unpaired) electrons. The van der Waals surface area contributed by atoms with Crippen LogP contribution in [0.5, 0.6) is 0 Å². The molecule has 0 bridgehead atoms. The van der Waals surface area contributed by atoms with E-state index in [0.717, 1.165) is 0 Å². The molecule has 0 spiro atoms. The van der Waals surface area contributed by atoms with E-state index in [2.05, 4.69) is 10.6 Å². The van der Waals surface area contributed by atoms with Crippen LogP contribution in [0.1, 0.15) is 20.8 Å². The molecule has 0 saturated carbocycles. The van der Waals surface area contributed by atoms with Gasteiger partial charge in [-0.15, -0.1) is 0 Å². The molecule has 2 N–H and O–H groups in total. The molecule has 6 heteroatoms. The molecular weight excluding hydrogens is 236 g/mol. The van der Waals surface area contributed by atoms with Crippen molar-refractivity contribution >= 4 is 12.1 Å². The molecule has 1 rings (SSSR count). The van der Waals surface area contributed by atoms with Crippen LogP contribution in [0.2, 0.25) is 0 Å². The highest BCUT2D eigenvalue weighted by molar-refractivity contribution is 5.73. The predicted octanol–water partition coefficient (Wildman–Crippen LogP) is 0.520. The Labute approximate surface area is 107 Å². The molecule has 0 aromatic carbocycles. The summed E-state index contributed by atoms with van der Waals surface area (Å²) in [6.45, 7) is 7.10. The monoisotopic (exact) mass is 258 g/mol. The van der Waals surface area contributed by atoms with E-state index in [-0.39, 0.29) is 17.8 Å². The van der Waals surface area contributed by atoms with Crippen molar-refractivity contribution in [3.05, 3.63) is 0 Å². The van der Waals surface area contributed by atoms with Crippen molar-refractivity contribution in [2.45, 2.75) is 26.4 Å². The van der Waals surface area contributed by atoms with Gasteiger partial charge in [-0.25, -0.2) is 4.79 Å². The largest absolute Gasteiger partial charge is 0.469 e. The second-order valence-electron chi connectivity index (χ2n) is 5.43. The topological polar surface area (TPSA) is 76.7 Å². The lowest BCUT2D eigenvalue weighted by molar-refractivity contribution is -0.146. The number of ether oxygens (including phenoxy) is 2. The molecule has 1 heterocycles. The molecular formula is C12H22N2O4. The molecule has 2 unspecified atom stereocenters. The lowest BCUT2D eigenvalue weighted by atomic mass is 9.96. The Hall–Kier alpha value is -1.30. The molecule has 0 aromatic heterocycles. The Balaban J connectivity index is 2.38. The van der Waals surface area contributed by atoms with E-state index < -0.39 is 11.7 Å². The average Bonchev–Trinajstić information content (AvgIpc) is 2.71. The van der Waals surface area contributed by atoms with Crippen LogP contribution >= 0.6 is 0 Å². The molecule has 0 aliphatic carbocycles. The third kappa shape index (κ3) is 4.52. The zero-order chi connectivity index (χ0) is 13.8. The van der Waals surface area contributed by atoms with Crippen LogP contribution in [0.15, 0.2) is 0 Å². The number of nitrogens with one attached hydrogen (secondary N) is 2. The molecule has 2 atom stereocenters. The number of methoxy groups -OCH3 is 1. The first-order valence-corrected chi connectivity index (χ1v) is 6.09. The van der Waals surface area contributed by atoms with E-state index in [9.17, 15) is 9.59 Å². The lowest BCUT2D eigenvalue weighted by Crippen LogP contribution is -2.38. The number of carbonyl (C=O) groups is 2. The summed E-state index contributed by atoms with van der Waals surface area (Å²) in [7, 11) is 1.37. The van der Waals surface area contributed by atoms with E-state index in [4.69, 9.17) is 9.47 Å². The molecule has 104 valence electrons. The molecule has 1 amide bonds. The van der Waals surface area contributed by atoms with E-state index in [0.29, 0.717) is 19.6 Å². The van der Waals surface area contributed by atoms with Gasteiger partial charge in [0.1, 0.15) is 5.60 Å². The molecule has 18 heavy (non-hydrogen) atoms. The van der Waals surface area contributed by atoms with E-state index in [1.165, 1.54) is 7.11 Å². The minimum atomic E-state index is -0.514. The summed E-state index contributed by atoms with van der Waals surface area (Å²) >= 11 is 0. The highest BCUT2D eigenvalue weighted by Gasteiger charge is 2.34. The van der Waals surface area contributed by atoms with Gasteiger partial charge in [0.15, 0.2) is 0 Å².